The first-order valence-electron chi connectivity index (χ1n) is 19.6. The molecule has 3 N–H and O–H groups in total. The number of aryl methyl sites for hydroxylation is 1. The van der Waals surface area contributed by atoms with Gasteiger partial charge in [0.05, 0.1) is 62.0 Å². The van der Waals surface area contributed by atoms with Crippen LogP contribution >= 0.6 is 11.6 Å². The number of nitrogens with one attached hydrogen (secondary N) is 3. The molecule has 0 aliphatic carbocycles. The van der Waals surface area contributed by atoms with Gasteiger partial charge in [0.1, 0.15) is 29.4 Å². The van der Waals surface area contributed by atoms with Crippen LogP contribution in [0.5, 0.6) is 11.5 Å². The Balaban J connectivity index is 0.834. The maximum atomic E-state index is 13.5. The molecule has 1 aromatic heterocycles. The van der Waals surface area contributed by atoms with Crippen molar-refractivity contribution in [2.45, 2.75) is 38.8 Å². The van der Waals surface area contributed by atoms with Crippen molar-refractivity contribution in [3.8, 4) is 17.2 Å². The number of imide groups is 2. The van der Waals surface area contributed by atoms with E-state index in [0.717, 1.165) is 21.7 Å². The fraction of sp³-hybridized carbons (Fsp3) is 0.357. The Kier molecular flexibility index (Phi) is 13.2. The first-order chi connectivity index (χ1) is 29.5. The third-order valence-electron chi connectivity index (χ3n) is 10.4. The number of methoxy groups -OCH3 is 1. The Morgan fingerprint density at radius 2 is 1.66 bits per heavy atom. The summed E-state index contributed by atoms with van der Waals surface area (Å²) in [6.45, 7) is 4.49. The van der Waals surface area contributed by atoms with E-state index in [4.69, 9.17) is 35.5 Å². The molecule has 3 aliphatic heterocycles. The lowest BCUT2D eigenvalue weighted by molar-refractivity contribution is -0.136. The number of aliphatic imine (C=N–C) groups is 1. The SMILES string of the molecule is COc1ccc2c(c1)C(c1ccc(Cl)cc1)=N[C@@H]([C@@H](C)C(=O)NCCOCCOCCNC(=O)COc1cccc3c1C(=O)N(C1CCC(=O)NC1=O)C3=O)c1nnc(C)n1-2. The Morgan fingerprint density at radius 1 is 0.918 bits per heavy atom. The minimum Gasteiger partial charge on any atom is -0.497 e. The van der Waals surface area contributed by atoms with Crippen LogP contribution in [0, 0.1) is 12.8 Å². The van der Waals surface area contributed by atoms with E-state index >= 15 is 0 Å². The second-order valence-electron chi connectivity index (χ2n) is 14.3. The monoisotopic (exact) mass is 854 g/mol. The van der Waals surface area contributed by atoms with Crippen LogP contribution in [-0.4, -0.2) is 120 Å². The average Bonchev–Trinajstić information content (AvgIpc) is 3.70. The molecule has 1 saturated heterocycles. The van der Waals surface area contributed by atoms with E-state index in [1.165, 1.54) is 18.2 Å². The number of aromatic nitrogens is 3. The summed E-state index contributed by atoms with van der Waals surface area (Å²) in [7, 11) is 1.60. The lowest BCUT2D eigenvalue weighted by Crippen LogP contribution is -2.54. The highest BCUT2D eigenvalue weighted by Crippen LogP contribution is 2.37. The van der Waals surface area contributed by atoms with Crippen molar-refractivity contribution in [3.05, 3.63) is 99.6 Å². The van der Waals surface area contributed by atoms with Crippen molar-refractivity contribution in [2.75, 3.05) is 53.2 Å². The number of ether oxygens (including phenoxy) is 4. The quantitative estimate of drug-likeness (QED) is 0.103. The molecule has 1 unspecified atom stereocenters. The van der Waals surface area contributed by atoms with Gasteiger partial charge in [-0.1, -0.05) is 36.7 Å². The first-order valence-corrected chi connectivity index (χ1v) is 20.0. The van der Waals surface area contributed by atoms with E-state index < -0.39 is 54.1 Å². The lowest BCUT2D eigenvalue weighted by Gasteiger charge is -2.27. The number of fused-ring (bicyclic) bond motifs is 4. The van der Waals surface area contributed by atoms with Gasteiger partial charge < -0.3 is 29.6 Å². The summed E-state index contributed by atoms with van der Waals surface area (Å²) in [5.41, 5.74) is 3.06. The molecule has 0 saturated carbocycles. The summed E-state index contributed by atoms with van der Waals surface area (Å²) >= 11 is 6.22. The van der Waals surface area contributed by atoms with Crippen LogP contribution in [0.3, 0.4) is 0 Å². The van der Waals surface area contributed by atoms with E-state index in [1.54, 1.807) is 26.2 Å². The maximum absolute atomic E-state index is 13.5. The van der Waals surface area contributed by atoms with Gasteiger partial charge in [-0.2, -0.15) is 0 Å². The number of hydrogen-bond acceptors (Lipinski definition) is 13. The van der Waals surface area contributed by atoms with Crippen LogP contribution < -0.4 is 25.4 Å². The molecule has 3 aromatic carbocycles. The summed E-state index contributed by atoms with van der Waals surface area (Å²) in [4.78, 5) is 82.2. The van der Waals surface area contributed by atoms with Gasteiger partial charge in [-0.3, -0.25) is 48.5 Å². The zero-order valence-corrected chi connectivity index (χ0v) is 34.3. The number of hydrogen-bond donors (Lipinski definition) is 3. The fourth-order valence-electron chi connectivity index (χ4n) is 7.27. The number of piperidine rings is 1. The Bertz CT molecular complexity index is 2400. The van der Waals surface area contributed by atoms with Crippen molar-refractivity contribution in [1.29, 1.82) is 0 Å². The molecule has 3 atom stereocenters. The summed E-state index contributed by atoms with van der Waals surface area (Å²) < 4.78 is 24.3. The second-order valence-corrected chi connectivity index (χ2v) is 14.8. The number of carbonyl (C=O) groups is 6. The number of benzene rings is 3. The normalized spacial score (nSPS) is 17.4. The minimum absolute atomic E-state index is 0.00386. The van der Waals surface area contributed by atoms with Crippen LogP contribution in [0.15, 0.2) is 65.7 Å². The van der Waals surface area contributed by atoms with Crippen molar-refractivity contribution in [2.24, 2.45) is 10.9 Å². The van der Waals surface area contributed by atoms with E-state index in [-0.39, 0.29) is 75.1 Å². The van der Waals surface area contributed by atoms with Crippen molar-refractivity contribution >= 4 is 52.8 Å². The van der Waals surface area contributed by atoms with Gasteiger partial charge in [-0.25, -0.2) is 0 Å². The number of nitrogens with zero attached hydrogens (tertiary/aromatic N) is 5. The molecule has 6 amide bonds. The third-order valence-corrected chi connectivity index (χ3v) is 10.6. The second kappa shape index (κ2) is 18.8. The van der Waals surface area contributed by atoms with Crippen LogP contribution in [0.25, 0.3) is 5.69 Å². The molecule has 0 radical (unpaired) electrons. The average molecular weight is 855 g/mol. The van der Waals surface area contributed by atoms with E-state index in [1.807, 2.05) is 41.8 Å². The van der Waals surface area contributed by atoms with Gasteiger partial charge in [0, 0.05) is 35.7 Å². The topological polar surface area (TPSA) is 222 Å². The van der Waals surface area contributed by atoms with Crippen molar-refractivity contribution < 1.29 is 47.7 Å². The van der Waals surface area contributed by atoms with Crippen molar-refractivity contribution in [1.82, 2.24) is 35.6 Å². The van der Waals surface area contributed by atoms with Gasteiger partial charge in [-0.15, -0.1) is 10.2 Å². The highest BCUT2D eigenvalue weighted by molar-refractivity contribution is 6.30. The summed E-state index contributed by atoms with van der Waals surface area (Å²) in [6.07, 6.45) is 0.0158. The fourth-order valence-corrected chi connectivity index (χ4v) is 7.39. The predicted molar refractivity (Wildman–Crippen MR) is 218 cm³/mol. The molecule has 318 valence electrons. The maximum Gasteiger partial charge on any atom is 0.266 e. The number of rotatable bonds is 17. The van der Waals surface area contributed by atoms with Crippen molar-refractivity contribution in [3.63, 3.8) is 0 Å². The van der Waals surface area contributed by atoms with Gasteiger partial charge in [0.25, 0.3) is 17.7 Å². The highest BCUT2D eigenvalue weighted by atomic mass is 35.5. The number of amides is 6. The minimum atomic E-state index is -1.12. The molecular weight excluding hydrogens is 812 g/mol. The molecule has 4 aromatic rings. The smallest absolute Gasteiger partial charge is 0.266 e. The molecule has 4 heterocycles. The molecule has 3 aliphatic rings. The standard InChI is InChI=1S/C42H43ClN8O10/c1-23(36-38-49-48-24(2)50(38)30-12-11-27(58-3)21-29(30)37(47-36)25-7-9-26(43)10-8-25)39(54)45-16-18-60-20-19-59-17-15-44-34(53)22-61-32-6-4-5-28-35(32)42(57)51(41(28)56)31-13-14-33(52)46-40(31)55/h4-12,21,23,31,36H,13-20,22H2,1-3H3,(H,44,53)(H,45,54)(H,46,52,55)/t23-,31?,36+/m1/s1. The van der Waals surface area contributed by atoms with Gasteiger partial charge in [0.15, 0.2) is 12.4 Å². The van der Waals surface area contributed by atoms with Gasteiger partial charge in [0.2, 0.25) is 17.7 Å². The van der Waals surface area contributed by atoms with E-state index in [2.05, 4.69) is 26.1 Å². The Labute approximate surface area is 354 Å². The van der Waals surface area contributed by atoms with Crippen LogP contribution in [-0.2, 0) is 28.7 Å². The summed E-state index contributed by atoms with van der Waals surface area (Å²) in [6, 6.07) is 15.6. The summed E-state index contributed by atoms with van der Waals surface area (Å²) in [5.74, 6) is -2.14. The summed E-state index contributed by atoms with van der Waals surface area (Å²) in [5, 5.41) is 17.1. The molecule has 61 heavy (non-hydrogen) atoms. The third kappa shape index (κ3) is 9.15. The van der Waals surface area contributed by atoms with Crippen LogP contribution in [0.2, 0.25) is 5.02 Å². The zero-order valence-electron chi connectivity index (χ0n) is 33.6. The number of halogens is 1. The van der Waals surface area contributed by atoms with Crippen LogP contribution in [0.4, 0.5) is 0 Å². The molecule has 18 nitrogen and oxygen atoms in total. The first kappa shape index (κ1) is 42.6. The Hall–Kier alpha value is -6.50. The molecule has 19 heteroatoms. The predicted octanol–water partition coefficient (Wildman–Crippen LogP) is 2.51. The Morgan fingerprint density at radius 3 is 2.38 bits per heavy atom. The van der Waals surface area contributed by atoms with Gasteiger partial charge in [-0.05, 0) is 55.8 Å². The highest BCUT2D eigenvalue weighted by Gasteiger charge is 2.46. The lowest BCUT2D eigenvalue weighted by atomic mass is 9.98. The van der Waals surface area contributed by atoms with Crippen LogP contribution in [0.1, 0.15) is 69.3 Å². The molecule has 7 rings (SSSR count). The number of carbonyl (C=O) groups excluding carboxylic acids is 6. The molecule has 0 spiro atoms. The zero-order chi connectivity index (χ0) is 43.2. The molecular formula is C42H43ClN8O10. The molecule has 1 fully saturated rings. The van der Waals surface area contributed by atoms with Gasteiger partial charge >= 0.3 is 0 Å². The van der Waals surface area contributed by atoms with E-state index in [0.29, 0.717) is 28.1 Å². The van der Waals surface area contributed by atoms with E-state index in [9.17, 15) is 28.8 Å². The largest absolute Gasteiger partial charge is 0.497 e. The molecule has 0 bridgehead atoms.